The Morgan fingerprint density at radius 3 is 2.47 bits per heavy atom. The van der Waals surface area contributed by atoms with E-state index in [4.69, 9.17) is 11.6 Å². The van der Waals surface area contributed by atoms with Crippen molar-refractivity contribution in [3.8, 4) is 0 Å². The van der Waals surface area contributed by atoms with E-state index in [1.54, 1.807) is 54.6 Å². The van der Waals surface area contributed by atoms with E-state index in [9.17, 15) is 18.0 Å². The maximum atomic E-state index is 13.8. The summed E-state index contributed by atoms with van der Waals surface area (Å²) in [6.07, 6.45) is -4.83. The molecule has 2 N–H and O–H groups in total. The molecule has 4 rings (SSSR count). The Morgan fingerprint density at radius 2 is 1.83 bits per heavy atom. The van der Waals surface area contributed by atoms with Crippen LogP contribution in [0, 0.1) is 0 Å². The van der Waals surface area contributed by atoms with Crippen molar-refractivity contribution in [2.24, 2.45) is 0 Å². The number of amides is 1. The van der Waals surface area contributed by atoms with Gasteiger partial charge in [0.15, 0.2) is 11.7 Å². The van der Waals surface area contributed by atoms with Crippen molar-refractivity contribution in [1.29, 1.82) is 0 Å². The average Bonchev–Trinajstić information content (AvgIpc) is 3.05. The predicted octanol–water partition coefficient (Wildman–Crippen LogP) is 6.21. The number of hydrogen-bond acceptors (Lipinski definition) is 3. The molecule has 5 nitrogen and oxygen atoms in total. The standard InChI is InChI=1S/C20H15BrClF3N4O/c21-12-6-8-13(9-7-12)26-19(30)17-16(22)18-27-14(11-4-2-1-3-5-11)10-15(20(23,24)25)29(18)28-17/h1-9,14-15,27H,10H2,(H,26,30)/t14-,15+/m1/s1. The van der Waals surface area contributed by atoms with Gasteiger partial charge in [-0.25, -0.2) is 4.68 Å². The minimum Gasteiger partial charge on any atom is -0.362 e. The van der Waals surface area contributed by atoms with Crippen molar-refractivity contribution >= 4 is 44.9 Å². The molecule has 2 aromatic carbocycles. The number of rotatable bonds is 3. The molecule has 0 aliphatic carbocycles. The molecular weight excluding hydrogens is 485 g/mol. The minimum atomic E-state index is -4.56. The number of hydrogen-bond donors (Lipinski definition) is 2. The van der Waals surface area contributed by atoms with Gasteiger partial charge in [-0.15, -0.1) is 0 Å². The van der Waals surface area contributed by atoms with Crippen molar-refractivity contribution in [2.75, 3.05) is 10.6 Å². The highest BCUT2D eigenvalue weighted by atomic mass is 79.9. The van der Waals surface area contributed by atoms with Gasteiger partial charge in [0.1, 0.15) is 10.8 Å². The molecule has 1 amide bonds. The number of benzene rings is 2. The zero-order valence-corrected chi connectivity index (χ0v) is 17.6. The first-order valence-electron chi connectivity index (χ1n) is 8.97. The maximum Gasteiger partial charge on any atom is 0.410 e. The van der Waals surface area contributed by atoms with Crippen molar-refractivity contribution < 1.29 is 18.0 Å². The van der Waals surface area contributed by atoms with Crippen LogP contribution < -0.4 is 10.6 Å². The average molecular weight is 500 g/mol. The summed E-state index contributed by atoms with van der Waals surface area (Å²) in [6.45, 7) is 0. The van der Waals surface area contributed by atoms with Crippen LogP contribution in [0.1, 0.15) is 34.6 Å². The van der Waals surface area contributed by atoms with Crippen molar-refractivity contribution in [3.05, 3.63) is 75.4 Å². The Labute approximate surface area is 183 Å². The summed E-state index contributed by atoms with van der Waals surface area (Å²) in [5, 5.41) is 9.38. The van der Waals surface area contributed by atoms with Crippen molar-refractivity contribution in [1.82, 2.24) is 9.78 Å². The number of carbonyl (C=O) groups is 1. The lowest BCUT2D eigenvalue weighted by atomic mass is 9.97. The fraction of sp³-hybridized carbons (Fsp3) is 0.200. The summed E-state index contributed by atoms with van der Waals surface area (Å²) in [4.78, 5) is 12.7. The molecule has 1 aromatic heterocycles. The number of fused-ring (bicyclic) bond motifs is 1. The van der Waals surface area contributed by atoms with Crippen LogP contribution in [0.4, 0.5) is 24.7 Å². The fourth-order valence-corrected chi connectivity index (χ4v) is 3.89. The molecule has 1 aliphatic heterocycles. The van der Waals surface area contributed by atoms with Crippen LogP contribution in [-0.4, -0.2) is 21.9 Å². The smallest absolute Gasteiger partial charge is 0.362 e. The lowest BCUT2D eigenvalue weighted by Crippen LogP contribution is -2.35. The first-order chi connectivity index (χ1) is 14.2. The zero-order chi connectivity index (χ0) is 21.5. The second kappa shape index (κ2) is 7.96. The quantitative estimate of drug-likeness (QED) is 0.450. The molecule has 0 saturated heterocycles. The number of aromatic nitrogens is 2. The molecule has 0 spiro atoms. The lowest BCUT2D eigenvalue weighted by Gasteiger charge is -2.33. The van der Waals surface area contributed by atoms with E-state index in [0.717, 1.165) is 9.15 Å². The number of anilines is 2. The van der Waals surface area contributed by atoms with Crippen molar-refractivity contribution in [2.45, 2.75) is 24.7 Å². The predicted molar refractivity (Wildman–Crippen MR) is 112 cm³/mol. The number of halogens is 5. The lowest BCUT2D eigenvalue weighted by molar-refractivity contribution is -0.173. The summed E-state index contributed by atoms with van der Waals surface area (Å²) < 4.78 is 43.0. The maximum absolute atomic E-state index is 13.8. The molecule has 3 aromatic rings. The summed E-state index contributed by atoms with van der Waals surface area (Å²) in [5.41, 5.74) is 0.883. The molecule has 2 heterocycles. The number of nitrogens with one attached hydrogen (secondary N) is 2. The highest BCUT2D eigenvalue weighted by Crippen LogP contribution is 2.46. The van der Waals surface area contributed by atoms with E-state index in [2.05, 4.69) is 31.7 Å². The van der Waals surface area contributed by atoms with Crippen LogP contribution in [0.5, 0.6) is 0 Å². The van der Waals surface area contributed by atoms with Gasteiger partial charge >= 0.3 is 6.18 Å². The molecule has 1 aliphatic rings. The fourth-order valence-electron chi connectivity index (χ4n) is 3.36. The van der Waals surface area contributed by atoms with Gasteiger partial charge in [0, 0.05) is 16.6 Å². The van der Waals surface area contributed by atoms with Gasteiger partial charge in [-0.1, -0.05) is 57.9 Å². The van der Waals surface area contributed by atoms with Crippen molar-refractivity contribution in [3.63, 3.8) is 0 Å². The van der Waals surface area contributed by atoms with E-state index in [-0.39, 0.29) is 23.0 Å². The molecule has 0 bridgehead atoms. The van der Waals surface area contributed by atoms with Gasteiger partial charge in [-0.05, 0) is 29.8 Å². The first kappa shape index (κ1) is 20.7. The Kier molecular flexibility index (Phi) is 5.50. The van der Waals surface area contributed by atoms with Crippen LogP contribution in [0.15, 0.2) is 59.1 Å². The van der Waals surface area contributed by atoms with E-state index in [1.807, 2.05) is 0 Å². The third kappa shape index (κ3) is 4.04. The minimum absolute atomic E-state index is 0.0277. The summed E-state index contributed by atoms with van der Waals surface area (Å²) in [5.74, 6) is -0.719. The van der Waals surface area contributed by atoms with Gasteiger partial charge in [0.2, 0.25) is 0 Å². The van der Waals surface area contributed by atoms with Crippen LogP contribution in [0.3, 0.4) is 0 Å². The molecule has 0 fully saturated rings. The second-order valence-electron chi connectivity index (χ2n) is 6.82. The monoisotopic (exact) mass is 498 g/mol. The topological polar surface area (TPSA) is 59.0 Å². The SMILES string of the molecule is O=C(Nc1ccc(Br)cc1)c1nn2c(c1Cl)N[C@@H](c1ccccc1)C[C@H]2C(F)(F)F. The van der Waals surface area contributed by atoms with Gasteiger partial charge in [0.05, 0.1) is 6.04 Å². The van der Waals surface area contributed by atoms with Gasteiger partial charge in [0.25, 0.3) is 5.91 Å². The molecule has 0 unspecified atom stereocenters. The number of alkyl halides is 3. The third-order valence-corrected chi connectivity index (χ3v) is 5.70. The molecule has 10 heteroatoms. The molecular formula is C20H15BrClF3N4O. The Hall–Kier alpha value is -2.52. The highest BCUT2D eigenvalue weighted by Gasteiger charge is 2.47. The zero-order valence-electron chi connectivity index (χ0n) is 15.3. The van der Waals surface area contributed by atoms with Gasteiger partial charge in [-0.3, -0.25) is 4.79 Å². The van der Waals surface area contributed by atoms with Gasteiger partial charge in [-0.2, -0.15) is 18.3 Å². The van der Waals surface area contributed by atoms with E-state index < -0.39 is 24.2 Å². The molecule has 2 atom stereocenters. The Morgan fingerprint density at radius 1 is 1.17 bits per heavy atom. The van der Waals surface area contributed by atoms with E-state index >= 15 is 0 Å². The molecule has 156 valence electrons. The molecule has 0 radical (unpaired) electrons. The summed E-state index contributed by atoms with van der Waals surface area (Å²) >= 11 is 9.61. The summed E-state index contributed by atoms with van der Waals surface area (Å²) in [6, 6.07) is 13.0. The number of nitrogens with zero attached hydrogens (tertiary/aromatic N) is 2. The van der Waals surface area contributed by atoms with Crippen LogP contribution >= 0.6 is 27.5 Å². The highest BCUT2D eigenvalue weighted by molar-refractivity contribution is 9.10. The molecule has 0 saturated carbocycles. The van der Waals surface area contributed by atoms with E-state index in [0.29, 0.717) is 11.3 Å². The first-order valence-corrected chi connectivity index (χ1v) is 10.1. The van der Waals surface area contributed by atoms with E-state index in [1.165, 1.54) is 0 Å². The van der Waals surface area contributed by atoms with Gasteiger partial charge < -0.3 is 10.6 Å². The Balaban J connectivity index is 1.69. The Bertz CT molecular complexity index is 1070. The van der Waals surface area contributed by atoms with Crippen LogP contribution in [0.2, 0.25) is 5.02 Å². The largest absolute Gasteiger partial charge is 0.410 e. The van der Waals surface area contributed by atoms with Crippen LogP contribution in [-0.2, 0) is 0 Å². The normalized spacial score (nSPS) is 18.4. The number of carbonyl (C=O) groups excluding carboxylic acids is 1. The summed E-state index contributed by atoms with van der Waals surface area (Å²) in [7, 11) is 0. The second-order valence-corrected chi connectivity index (χ2v) is 8.11. The van der Waals surface area contributed by atoms with Crippen LogP contribution in [0.25, 0.3) is 0 Å². The third-order valence-electron chi connectivity index (χ3n) is 4.81. The molecule has 30 heavy (non-hydrogen) atoms.